The number of ether oxygens (including phenoxy) is 1. The first-order valence-corrected chi connectivity index (χ1v) is 8.46. The van der Waals surface area contributed by atoms with Gasteiger partial charge in [-0.2, -0.15) is 0 Å². The van der Waals surface area contributed by atoms with Crippen LogP contribution in [-0.4, -0.2) is 27.6 Å². The standard InChI is InChI=1S/C14H15BrN2O3S/c1-16-21(18,19)13-11(8-10-6-4-3-5-7-10)12(15)9-17-14(13)20-2/h3-7,9,16H,8H2,1-2H3. The molecule has 0 aliphatic heterocycles. The monoisotopic (exact) mass is 370 g/mol. The van der Waals surface area contributed by atoms with Crippen molar-refractivity contribution in [2.75, 3.05) is 14.2 Å². The third-order valence-corrected chi connectivity index (χ3v) is 5.19. The molecule has 1 N–H and O–H groups in total. The van der Waals surface area contributed by atoms with Crippen LogP contribution in [0.15, 0.2) is 45.9 Å². The molecule has 1 aromatic carbocycles. The normalized spacial score (nSPS) is 11.4. The fourth-order valence-electron chi connectivity index (χ4n) is 1.98. The molecule has 0 saturated heterocycles. The van der Waals surface area contributed by atoms with Crippen LogP contribution < -0.4 is 9.46 Å². The SMILES string of the molecule is CNS(=O)(=O)c1c(OC)ncc(Br)c1Cc1ccccc1. The van der Waals surface area contributed by atoms with E-state index in [0.717, 1.165) is 5.56 Å². The second-order valence-electron chi connectivity index (χ2n) is 4.29. The zero-order chi connectivity index (χ0) is 15.5. The summed E-state index contributed by atoms with van der Waals surface area (Å²) in [5.74, 6) is 0.0819. The van der Waals surface area contributed by atoms with Crippen molar-refractivity contribution in [2.24, 2.45) is 0 Å². The molecular weight excluding hydrogens is 356 g/mol. The van der Waals surface area contributed by atoms with E-state index in [4.69, 9.17) is 4.74 Å². The molecule has 1 heterocycles. The third-order valence-electron chi connectivity index (χ3n) is 3.01. The fraction of sp³-hybridized carbons (Fsp3) is 0.214. The molecule has 0 amide bonds. The van der Waals surface area contributed by atoms with Gasteiger partial charge in [-0.1, -0.05) is 30.3 Å². The van der Waals surface area contributed by atoms with Gasteiger partial charge in [0, 0.05) is 17.1 Å². The minimum absolute atomic E-state index is 0.0609. The Labute approximate surface area is 132 Å². The lowest BCUT2D eigenvalue weighted by molar-refractivity contribution is 0.383. The lowest BCUT2D eigenvalue weighted by atomic mass is 10.1. The van der Waals surface area contributed by atoms with E-state index in [-0.39, 0.29) is 10.8 Å². The van der Waals surface area contributed by atoms with E-state index in [9.17, 15) is 8.42 Å². The van der Waals surface area contributed by atoms with Crippen LogP contribution >= 0.6 is 15.9 Å². The van der Waals surface area contributed by atoms with Crippen molar-refractivity contribution in [2.45, 2.75) is 11.3 Å². The van der Waals surface area contributed by atoms with Gasteiger partial charge in [-0.15, -0.1) is 0 Å². The minimum Gasteiger partial charge on any atom is -0.480 e. The highest BCUT2D eigenvalue weighted by Gasteiger charge is 2.25. The van der Waals surface area contributed by atoms with Gasteiger partial charge in [0.25, 0.3) is 0 Å². The molecule has 2 rings (SSSR count). The second-order valence-corrected chi connectivity index (χ2v) is 6.97. The summed E-state index contributed by atoms with van der Waals surface area (Å²) < 4.78 is 32.6. The lowest BCUT2D eigenvalue weighted by Gasteiger charge is -2.14. The summed E-state index contributed by atoms with van der Waals surface area (Å²) in [6.07, 6.45) is 2.00. The molecule has 112 valence electrons. The van der Waals surface area contributed by atoms with E-state index in [1.165, 1.54) is 14.2 Å². The summed E-state index contributed by atoms with van der Waals surface area (Å²) in [6, 6.07) is 9.61. The summed E-state index contributed by atoms with van der Waals surface area (Å²) in [5.41, 5.74) is 1.61. The predicted molar refractivity (Wildman–Crippen MR) is 84.0 cm³/mol. The molecule has 5 nitrogen and oxygen atoms in total. The van der Waals surface area contributed by atoms with E-state index < -0.39 is 10.0 Å². The van der Waals surface area contributed by atoms with Crippen molar-refractivity contribution < 1.29 is 13.2 Å². The molecular formula is C14H15BrN2O3S. The van der Waals surface area contributed by atoms with Crippen LogP contribution in [0.4, 0.5) is 0 Å². The van der Waals surface area contributed by atoms with Crippen LogP contribution in [0.3, 0.4) is 0 Å². The maximum absolute atomic E-state index is 12.3. The summed E-state index contributed by atoms with van der Waals surface area (Å²) in [7, 11) is -0.919. The van der Waals surface area contributed by atoms with Gasteiger partial charge in [0.2, 0.25) is 15.9 Å². The topological polar surface area (TPSA) is 68.3 Å². The Morgan fingerprint density at radius 3 is 2.52 bits per heavy atom. The first kappa shape index (κ1) is 15.9. The van der Waals surface area contributed by atoms with Gasteiger partial charge in [0.1, 0.15) is 4.90 Å². The summed E-state index contributed by atoms with van der Waals surface area (Å²) in [4.78, 5) is 4.09. The van der Waals surface area contributed by atoms with Gasteiger partial charge in [0.15, 0.2) is 0 Å². The largest absolute Gasteiger partial charge is 0.480 e. The van der Waals surface area contributed by atoms with E-state index in [2.05, 4.69) is 25.6 Å². The number of nitrogens with one attached hydrogen (secondary N) is 1. The number of aromatic nitrogens is 1. The lowest BCUT2D eigenvalue weighted by Crippen LogP contribution is -2.22. The molecule has 0 radical (unpaired) electrons. The molecule has 2 aromatic rings. The Kier molecular flexibility index (Phi) is 4.97. The Hall–Kier alpha value is -1.44. The van der Waals surface area contributed by atoms with Gasteiger partial charge >= 0.3 is 0 Å². The van der Waals surface area contributed by atoms with Crippen LogP contribution in [0.2, 0.25) is 0 Å². The number of halogens is 1. The van der Waals surface area contributed by atoms with Crippen molar-refractivity contribution in [1.82, 2.24) is 9.71 Å². The second kappa shape index (κ2) is 6.55. The third kappa shape index (κ3) is 3.42. The van der Waals surface area contributed by atoms with Gasteiger partial charge in [-0.3, -0.25) is 0 Å². The van der Waals surface area contributed by atoms with Gasteiger partial charge in [-0.05, 0) is 34.1 Å². The van der Waals surface area contributed by atoms with Crippen molar-refractivity contribution >= 4 is 26.0 Å². The number of hydrogen-bond donors (Lipinski definition) is 1. The van der Waals surface area contributed by atoms with Crippen molar-refractivity contribution in [1.29, 1.82) is 0 Å². The molecule has 21 heavy (non-hydrogen) atoms. The summed E-state index contributed by atoms with van der Waals surface area (Å²) in [5, 5.41) is 0. The number of benzene rings is 1. The molecule has 0 atom stereocenters. The van der Waals surface area contributed by atoms with Gasteiger partial charge in [0.05, 0.1) is 7.11 Å². The maximum Gasteiger partial charge on any atom is 0.246 e. The minimum atomic E-state index is -3.68. The van der Waals surface area contributed by atoms with Crippen LogP contribution in [0.1, 0.15) is 11.1 Å². The maximum atomic E-state index is 12.3. The molecule has 0 fully saturated rings. The molecule has 0 spiro atoms. The van der Waals surface area contributed by atoms with Crippen molar-refractivity contribution in [3.05, 3.63) is 52.1 Å². The highest BCUT2D eigenvalue weighted by Crippen LogP contribution is 2.32. The summed E-state index contributed by atoms with van der Waals surface area (Å²) >= 11 is 3.38. The van der Waals surface area contributed by atoms with E-state index in [1.54, 1.807) is 6.20 Å². The van der Waals surface area contributed by atoms with Crippen LogP contribution in [0.5, 0.6) is 5.88 Å². The average molecular weight is 371 g/mol. The zero-order valence-electron chi connectivity index (χ0n) is 11.6. The zero-order valence-corrected chi connectivity index (χ0v) is 14.0. The quantitative estimate of drug-likeness (QED) is 0.876. The van der Waals surface area contributed by atoms with Crippen LogP contribution in [0.25, 0.3) is 0 Å². The van der Waals surface area contributed by atoms with Gasteiger partial charge in [-0.25, -0.2) is 18.1 Å². The number of hydrogen-bond acceptors (Lipinski definition) is 4. The Morgan fingerprint density at radius 2 is 1.95 bits per heavy atom. The highest BCUT2D eigenvalue weighted by molar-refractivity contribution is 9.10. The molecule has 7 heteroatoms. The molecule has 0 saturated carbocycles. The molecule has 0 bridgehead atoms. The number of methoxy groups -OCH3 is 1. The molecule has 0 unspecified atom stereocenters. The number of pyridine rings is 1. The highest BCUT2D eigenvalue weighted by atomic mass is 79.9. The number of rotatable bonds is 5. The number of nitrogens with zero attached hydrogens (tertiary/aromatic N) is 1. The molecule has 0 aliphatic rings. The Morgan fingerprint density at radius 1 is 1.29 bits per heavy atom. The van der Waals surface area contributed by atoms with Crippen LogP contribution in [0, 0.1) is 0 Å². The number of sulfonamides is 1. The Bertz CT molecular complexity index is 733. The predicted octanol–water partition coefficient (Wildman–Crippen LogP) is 2.35. The average Bonchev–Trinajstić information content (AvgIpc) is 2.50. The van der Waals surface area contributed by atoms with Gasteiger partial charge < -0.3 is 4.74 Å². The van der Waals surface area contributed by atoms with Crippen molar-refractivity contribution in [3.8, 4) is 5.88 Å². The van der Waals surface area contributed by atoms with E-state index >= 15 is 0 Å². The summed E-state index contributed by atoms with van der Waals surface area (Å²) in [6.45, 7) is 0. The Balaban J connectivity index is 2.64. The van der Waals surface area contributed by atoms with E-state index in [1.807, 2.05) is 30.3 Å². The molecule has 1 aromatic heterocycles. The van der Waals surface area contributed by atoms with Crippen LogP contribution in [-0.2, 0) is 16.4 Å². The first-order valence-electron chi connectivity index (χ1n) is 6.18. The van der Waals surface area contributed by atoms with Crippen molar-refractivity contribution in [3.63, 3.8) is 0 Å². The first-order chi connectivity index (χ1) is 9.99. The fourth-order valence-corrected chi connectivity index (χ4v) is 3.63. The smallest absolute Gasteiger partial charge is 0.246 e. The van der Waals surface area contributed by atoms with E-state index in [0.29, 0.717) is 16.5 Å². The molecule has 0 aliphatic carbocycles.